The first-order valence-corrected chi connectivity index (χ1v) is 12.1. The van der Waals surface area contributed by atoms with Gasteiger partial charge in [-0.3, -0.25) is 0 Å². The molecular formula is C21H32IN5O3S. The lowest BCUT2D eigenvalue weighted by atomic mass is 10.1. The van der Waals surface area contributed by atoms with Crippen LogP contribution in [0.1, 0.15) is 45.5 Å². The highest BCUT2D eigenvalue weighted by molar-refractivity contribution is 14.0. The van der Waals surface area contributed by atoms with Gasteiger partial charge in [0.1, 0.15) is 0 Å². The lowest BCUT2D eigenvalue weighted by Gasteiger charge is -2.39. The Hall–Kier alpha value is -1.69. The molecule has 31 heavy (non-hydrogen) atoms. The van der Waals surface area contributed by atoms with Gasteiger partial charge in [-0.1, -0.05) is 24.2 Å². The summed E-state index contributed by atoms with van der Waals surface area (Å²) in [6, 6.07) is 7.90. The molecule has 0 spiro atoms. The van der Waals surface area contributed by atoms with E-state index < -0.39 is 14.6 Å². The number of aromatic nitrogens is 2. The van der Waals surface area contributed by atoms with Gasteiger partial charge in [-0.05, 0) is 44.9 Å². The summed E-state index contributed by atoms with van der Waals surface area (Å²) in [6.07, 6.45) is 1.76. The van der Waals surface area contributed by atoms with Crippen molar-refractivity contribution in [2.75, 3.05) is 25.4 Å². The molecule has 3 rings (SSSR count). The highest BCUT2D eigenvalue weighted by Gasteiger charge is 2.40. The zero-order chi connectivity index (χ0) is 21.8. The monoisotopic (exact) mass is 561 g/mol. The van der Waals surface area contributed by atoms with E-state index in [4.69, 9.17) is 9.52 Å². The highest BCUT2D eigenvalue weighted by Crippen LogP contribution is 2.24. The first-order valence-electron chi connectivity index (χ1n) is 10.4. The van der Waals surface area contributed by atoms with E-state index in [2.05, 4.69) is 22.4 Å². The minimum absolute atomic E-state index is 0. The first-order chi connectivity index (χ1) is 14.3. The van der Waals surface area contributed by atoms with Crippen LogP contribution in [0.25, 0.3) is 11.5 Å². The average molecular weight is 561 g/mol. The Bertz CT molecular complexity index is 1000. The average Bonchev–Trinajstić information content (AvgIpc) is 3.17. The third kappa shape index (κ3) is 6.18. The summed E-state index contributed by atoms with van der Waals surface area (Å²) in [5.74, 6) is 2.10. The minimum atomic E-state index is -3.10. The molecule has 0 saturated carbocycles. The SMILES string of the molecule is CCCc1noc(-c2cccc(CN=C(NCC)N3CCS(=O)(=O)C(C)(C)C3)c2)n1.I. The zero-order valence-corrected chi connectivity index (χ0v) is 21.7. The second-order valence-corrected chi connectivity index (χ2v) is 10.9. The lowest BCUT2D eigenvalue weighted by molar-refractivity contribution is 0.353. The van der Waals surface area contributed by atoms with Gasteiger partial charge in [-0.2, -0.15) is 4.98 Å². The van der Waals surface area contributed by atoms with E-state index >= 15 is 0 Å². The molecule has 1 aliphatic heterocycles. The Morgan fingerprint density at radius 3 is 2.77 bits per heavy atom. The van der Waals surface area contributed by atoms with Crippen LogP contribution in [0.5, 0.6) is 0 Å². The van der Waals surface area contributed by atoms with Crippen molar-refractivity contribution in [1.82, 2.24) is 20.4 Å². The fourth-order valence-corrected chi connectivity index (χ4v) is 4.78. The Labute approximate surface area is 201 Å². The van der Waals surface area contributed by atoms with Gasteiger partial charge in [0.05, 0.1) is 17.0 Å². The summed E-state index contributed by atoms with van der Waals surface area (Å²) < 4.78 is 29.2. The number of aliphatic imine (C=N–C) groups is 1. The summed E-state index contributed by atoms with van der Waals surface area (Å²) in [4.78, 5) is 11.2. The molecule has 0 atom stereocenters. The van der Waals surface area contributed by atoms with Crippen LogP contribution in [0.2, 0.25) is 0 Å². The number of aryl methyl sites for hydroxylation is 1. The zero-order valence-electron chi connectivity index (χ0n) is 18.6. The van der Waals surface area contributed by atoms with Gasteiger partial charge in [0, 0.05) is 31.6 Å². The number of guanidine groups is 1. The molecule has 0 aliphatic carbocycles. The topological polar surface area (TPSA) is 101 Å². The quantitative estimate of drug-likeness (QED) is 0.328. The van der Waals surface area contributed by atoms with Gasteiger partial charge >= 0.3 is 0 Å². The molecule has 1 N–H and O–H groups in total. The highest BCUT2D eigenvalue weighted by atomic mass is 127. The second-order valence-electron chi connectivity index (χ2n) is 8.14. The first kappa shape index (κ1) is 25.6. The molecule has 0 bridgehead atoms. The lowest BCUT2D eigenvalue weighted by Crippen LogP contribution is -2.57. The molecule has 172 valence electrons. The maximum Gasteiger partial charge on any atom is 0.257 e. The van der Waals surface area contributed by atoms with Crippen LogP contribution in [0.3, 0.4) is 0 Å². The Morgan fingerprint density at radius 2 is 2.10 bits per heavy atom. The molecule has 0 radical (unpaired) electrons. The molecular weight excluding hydrogens is 529 g/mol. The summed E-state index contributed by atoms with van der Waals surface area (Å²) in [5.41, 5.74) is 1.88. The molecule has 8 nitrogen and oxygen atoms in total. The molecule has 2 heterocycles. The molecule has 1 saturated heterocycles. The molecule has 2 aromatic rings. The fraction of sp³-hybridized carbons (Fsp3) is 0.571. The number of hydrogen-bond acceptors (Lipinski definition) is 6. The number of sulfone groups is 1. The number of rotatable bonds is 6. The van der Waals surface area contributed by atoms with Crippen LogP contribution in [0.4, 0.5) is 0 Å². The van der Waals surface area contributed by atoms with E-state index in [-0.39, 0.29) is 29.7 Å². The van der Waals surface area contributed by atoms with E-state index in [9.17, 15) is 8.42 Å². The van der Waals surface area contributed by atoms with Gasteiger partial charge in [0.25, 0.3) is 5.89 Å². The predicted molar refractivity (Wildman–Crippen MR) is 133 cm³/mol. The van der Waals surface area contributed by atoms with Crippen molar-refractivity contribution in [3.8, 4) is 11.5 Å². The van der Waals surface area contributed by atoms with Gasteiger partial charge in [-0.15, -0.1) is 24.0 Å². The molecule has 0 unspecified atom stereocenters. The van der Waals surface area contributed by atoms with E-state index in [0.29, 0.717) is 37.9 Å². The van der Waals surface area contributed by atoms with Crippen LogP contribution in [-0.4, -0.2) is 59.6 Å². The normalized spacial score (nSPS) is 17.8. The fourth-order valence-electron chi connectivity index (χ4n) is 3.42. The molecule has 0 amide bonds. The number of halogens is 1. The maximum absolute atomic E-state index is 12.3. The molecule has 1 aromatic heterocycles. The van der Waals surface area contributed by atoms with E-state index in [1.165, 1.54) is 0 Å². The Morgan fingerprint density at radius 1 is 1.32 bits per heavy atom. The van der Waals surface area contributed by atoms with Crippen molar-refractivity contribution >= 4 is 39.8 Å². The van der Waals surface area contributed by atoms with Crippen LogP contribution < -0.4 is 5.32 Å². The van der Waals surface area contributed by atoms with Gasteiger partial charge in [-0.25, -0.2) is 13.4 Å². The number of hydrogen-bond donors (Lipinski definition) is 1. The Kier molecular flexibility index (Phi) is 8.87. The van der Waals surface area contributed by atoms with Crippen LogP contribution in [0.15, 0.2) is 33.8 Å². The minimum Gasteiger partial charge on any atom is -0.357 e. The van der Waals surface area contributed by atoms with E-state index in [0.717, 1.165) is 29.9 Å². The van der Waals surface area contributed by atoms with Crippen LogP contribution in [-0.2, 0) is 22.8 Å². The van der Waals surface area contributed by atoms with Gasteiger partial charge in [0.15, 0.2) is 21.6 Å². The van der Waals surface area contributed by atoms with E-state index in [1.54, 1.807) is 13.8 Å². The summed E-state index contributed by atoms with van der Waals surface area (Å²) in [6.45, 7) is 9.68. The van der Waals surface area contributed by atoms with Gasteiger partial charge < -0.3 is 14.7 Å². The summed E-state index contributed by atoms with van der Waals surface area (Å²) in [7, 11) is -3.10. The Balaban J connectivity index is 0.00000341. The smallest absolute Gasteiger partial charge is 0.257 e. The molecule has 1 aromatic carbocycles. The van der Waals surface area contributed by atoms with E-state index in [1.807, 2.05) is 36.1 Å². The van der Waals surface area contributed by atoms with Gasteiger partial charge in [0.2, 0.25) is 0 Å². The number of benzene rings is 1. The number of nitrogens with one attached hydrogen (secondary N) is 1. The standard InChI is InChI=1S/C21H31N5O3S.HI/c1-5-8-18-24-19(29-25-18)17-10-7-9-16(13-17)14-23-20(22-6-2)26-11-12-30(27,28)21(3,4)15-26;/h7,9-10,13H,5-6,8,11-12,14-15H2,1-4H3,(H,22,23);1H. The van der Waals surface area contributed by atoms with Crippen molar-refractivity contribution in [2.24, 2.45) is 4.99 Å². The summed E-state index contributed by atoms with van der Waals surface area (Å²) in [5, 5.41) is 7.31. The molecule has 1 aliphatic rings. The third-order valence-electron chi connectivity index (χ3n) is 5.20. The van der Waals surface area contributed by atoms with Crippen molar-refractivity contribution in [3.05, 3.63) is 35.7 Å². The van der Waals surface area contributed by atoms with Crippen molar-refractivity contribution in [3.63, 3.8) is 0 Å². The van der Waals surface area contributed by atoms with Crippen molar-refractivity contribution in [1.29, 1.82) is 0 Å². The largest absolute Gasteiger partial charge is 0.357 e. The van der Waals surface area contributed by atoms with Crippen molar-refractivity contribution in [2.45, 2.75) is 51.8 Å². The molecule has 10 heteroatoms. The summed E-state index contributed by atoms with van der Waals surface area (Å²) >= 11 is 0. The third-order valence-corrected chi connectivity index (χ3v) is 7.74. The predicted octanol–water partition coefficient (Wildman–Crippen LogP) is 3.28. The molecule has 1 fully saturated rings. The second kappa shape index (κ2) is 10.8. The van der Waals surface area contributed by atoms with Crippen molar-refractivity contribution < 1.29 is 12.9 Å². The number of nitrogens with zero attached hydrogens (tertiary/aromatic N) is 4. The maximum atomic E-state index is 12.3. The van der Waals surface area contributed by atoms with Crippen LogP contribution >= 0.6 is 24.0 Å². The van der Waals surface area contributed by atoms with Crippen LogP contribution in [0, 0.1) is 0 Å².